The lowest BCUT2D eigenvalue weighted by Gasteiger charge is -2.21. The van der Waals surface area contributed by atoms with Crippen LogP contribution < -0.4 is 18.4 Å². The first-order valence-corrected chi connectivity index (χ1v) is 12.4. The maximum absolute atomic E-state index is 12.2. The number of phenols is 2. The second-order valence-corrected chi connectivity index (χ2v) is 9.55. The molecular formula is C26H28O8S. The molecule has 0 unspecified atom stereocenters. The number of benzene rings is 3. The van der Waals surface area contributed by atoms with E-state index in [1.54, 1.807) is 30.3 Å². The van der Waals surface area contributed by atoms with Crippen LogP contribution in [-0.4, -0.2) is 45.7 Å². The van der Waals surface area contributed by atoms with E-state index in [1.165, 1.54) is 32.4 Å². The minimum Gasteiger partial charge on any atom is -0.508 e. The Bertz CT molecular complexity index is 1340. The predicted molar refractivity (Wildman–Crippen MR) is 134 cm³/mol. The van der Waals surface area contributed by atoms with Gasteiger partial charge in [0.2, 0.25) is 0 Å². The minimum atomic E-state index is -3.98. The standard InChI is InChI=1S/C26H28O8S/c1-16(2)12-13-33-22-11-8-18(14-21(22)28)24-23(31-3)15-20(17-6-9-19(27)10-7-17)25(32-4)26(24)34-35(5,29)30/h6-12,14-15,27-28H,13H2,1-5H3. The van der Waals surface area contributed by atoms with Crippen molar-refractivity contribution in [3.63, 3.8) is 0 Å². The summed E-state index contributed by atoms with van der Waals surface area (Å²) < 4.78 is 46.6. The second-order valence-electron chi connectivity index (χ2n) is 7.97. The average Bonchev–Trinajstić information content (AvgIpc) is 2.78. The molecule has 3 aromatic rings. The van der Waals surface area contributed by atoms with Crippen molar-refractivity contribution in [1.82, 2.24) is 0 Å². The largest absolute Gasteiger partial charge is 0.508 e. The maximum atomic E-state index is 12.2. The van der Waals surface area contributed by atoms with E-state index in [0.717, 1.165) is 11.8 Å². The van der Waals surface area contributed by atoms with Gasteiger partial charge >= 0.3 is 10.1 Å². The maximum Gasteiger partial charge on any atom is 0.306 e. The molecule has 0 saturated carbocycles. The first-order chi connectivity index (χ1) is 16.5. The zero-order valence-corrected chi connectivity index (χ0v) is 21.0. The van der Waals surface area contributed by atoms with Crippen molar-refractivity contribution in [2.75, 3.05) is 27.1 Å². The van der Waals surface area contributed by atoms with Crippen molar-refractivity contribution in [2.24, 2.45) is 0 Å². The third kappa shape index (κ3) is 6.19. The van der Waals surface area contributed by atoms with Gasteiger partial charge in [-0.1, -0.05) is 23.8 Å². The lowest BCUT2D eigenvalue weighted by atomic mass is 9.96. The van der Waals surface area contributed by atoms with E-state index >= 15 is 0 Å². The van der Waals surface area contributed by atoms with Gasteiger partial charge in [0.1, 0.15) is 18.1 Å². The van der Waals surface area contributed by atoms with E-state index in [1.807, 2.05) is 19.9 Å². The molecule has 0 bridgehead atoms. The zero-order chi connectivity index (χ0) is 25.8. The van der Waals surface area contributed by atoms with E-state index in [9.17, 15) is 18.6 Å². The van der Waals surface area contributed by atoms with Gasteiger partial charge in [-0.15, -0.1) is 0 Å². The van der Waals surface area contributed by atoms with E-state index in [-0.39, 0.29) is 46.7 Å². The van der Waals surface area contributed by atoms with E-state index < -0.39 is 10.1 Å². The van der Waals surface area contributed by atoms with Gasteiger partial charge in [-0.3, -0.25) is 0 Å². The van der Waals surface area contributed by atoms with Crippen LogP contribution in [0, 0.1) is 0 Å². The van der Waals surface area contributed by atoms with Crippen molar-refractivity contribution < 1.29 is 37.0 Å². The molecule has 0 aliphatic heterocycles. The summed E-state index contributed by atoms with van der Waals surface area (Å²) in [5, 5.41) is 20.3. The number of hydrogen-bond acceptors (Lipinski definition) is 8. The summed E-state index contributed by atoms with van der Waals surface area (Å²) in [6.07, 6.45) is 2.80. The van der Waals surface area contributed by atoms with Gasteiger partial charge in [0.05, 0.1) is 26.0 Å². The molecule has 0 saturated heterocycles. The molecule has 0 spiro atoms. The molecule has 0 fully saturated rings. The number of phenolic OH excluding ortho intramolecular Hbond substituents is 2. The number of methoxy groups -OCH3 is 2. The van der Waals surface area contributed by atoms with Crippen molar-refractivity contribution >= 4 is 10.1 Å². The number of rotatable bonds is 9. The number of hydrogen-bond donors (Lipinski definition) is 2. The molecule has 0 amide bonds. The quantitative estimate of drug-likeness (QED) is 0.307. The third-order valence-electron chi connectivity index (χ3n) is 5.01. The molecule has 2 N–H and O–H groups in total. The Morgan fingerprint density at radius 3 is 2.09 bits per heavy atom. The fourth-order valence-electron chi connectivity index (χ4n) is 3.43. The fraction of sp³-hybridized carbons (Fsp3) is 0.231. The highest BCUT2D eigenvalue weighted by atomic mass is 32.2. The van der Waals surface area contributed by atoms with Crippen LogP contribution in [0.15, 0.2) is 60.2 Å². The third-order valence-corrected chi connectivity index (χ3v) is 5.48. The van der Waals surface area contributed by atoms with Gasteiger partial charge in [-0.05, 0) is 61.4 Å². The summed E-state index contributed by atoms with van der Waals surface area (Å²) in [5.41, 5.74) is 2.88. The Balaban J connectivity index is 2.24. The first-order valence-electron chi connectivity index (χ1n) is 10.6. The van der Waals surface area contributed by atoms with Gasteiger partial charge in [0, 0.05) is 5.56 Å². The minimum absolute atomic E-state index is 0.0753. The fourth-order valence-corrected chi connectivity index (χ4v) is 3.89. The summed E-state index contributed by atoms with van der Waals surface area (Å²) in [7, 11) is -1.15. The number of allylic oxidation sites excluding steroid dienone is 1. The van der Waals surface area contributed by atoms with Crippen LogP contribution in [0.25, 0.3) is 22.3 Å². The zero-order valence-electron chi connectivity index (χ0n) is 20.2. The van der Waals surface area contributed by atoms with Crippen molar-refractivity contribution in [3.8, 4) is 56.8 Å². The molecule has 0 aliphatic carbocycles. The van der Waals surface area contributed by atoms with Crippen LogP contribution in [-0.2, 0) is 10.1 Å². The molecule has 9 heteroatoms. The summed E-state index contributed by atoms with van der Waals surface area (Å²) in [5.74, 6) is 0.522. The van der Waals surface area contributed by atoms with Gasteiger partial charge in [-0.25, -0.2) is 0 Å². The van der Waals surface area contributed by atoms with Crippen LogP contribution in [0.4, 0.5) is 0 Å². The molecule has 0 radical (unpaired) electrons. The monoisotopic (exact) mass is 500 g/mol. The molecule has 186 valence electrons. The van der Waals surface area contributed by atoms with Gasteiger partial charge in [0.15, 0.2) is 23.0 Å². The van der Waals surface area contributed by atoms with E-state index in [2.05, 4.69) is 0 Å². The molecule has 3 aromatic carbocycles. The van der Waals surface area contributed by atoms with Crippen LogP contribution in [0.1, 0.15) is 13.8 Å². The SMILES string of the molecule is COc1cc(-c2ccc(O)cc2)c(OC)c(OS(C)(=O)=O)c1-c1ccc(OCC=C(C)C)c(O)c1. The summed E-state index contributed by atoms with van der Waals surface area (Å²) in [6, 6.07) is 12.6. The number of ether oxygens (including phenoxy) is 3. The molecule has 0 heterocycles. The van der Waals surface area contributed by atoms with Crippen molar-refractivity contribution in [2.45, 2.75) is 13.8 Å². The Morgan fingerprint density at radius 1 is 0.886 bits per heavy atom. The Kier molecular flexibility index (Phi) is 7.81. The molecular weight excluding hydrogens is 472 g/mol. The van der Waals surface area contributed by atoms with Gasteiger partial charge < -0.3 is 28.6 Å². The van der Waals surface area contributed by atoms with E-state index in [0.29, 0.717) is 16.7 Å². The Labute approximate surface area is 205 Å². The van der Waals surface area contributed by atoms with Crippen LogP contribution in [0.5, 0.6) is 34.5 Å². The van der Waals surface area contributed by atoms with Crippen molar-refractivity contribution in [1.29, 1.82) is 0 Å². The van der Waals surface area contributed by atoms with Crippen LogP contribution in [0.3, 0.4) is 0 Å². The predicted octanol–water partition coefficient (Wildman–Crippen LogP) is 5.13. The second kappa shape index (κ2) is 10.6. The first kappa shape index (κ1) is 25.8. The molecule has 0 aliphatic rings. The lowest BCUT2D eigenvalue weighted by Crippen LogP contribution is -2.09. The smallest absolute Gasteiger partial charge is 0.306 e. The highest BCUT2D eigenvalue weighted by Gasteiger charge is 2.26. The molecule has 8 nitrogen and oxygen atoms in total. The number of aromatic hydroxyl groups is 2. The highest BCUT2D eigenvalue weighted by Crippen LogP contribution is 2.51. The van der Waals surface area contributed by atoms with Crippen LogP contribution in [0.2, 0.25) is 0 Å². The van der Waals surface area contributed by atoms with Crippen molar-refractivity contribution in [3.05, 3.63) is 60.2 Å². The lowest BCUT2D eigenvalue weighted by molar-refractivity contribution is 0.335. The summed E-state index contributed by atoms with van der Waals surface area (Å²) >= 11 is 0. The summed E-state index contributed by atoms with van der Waals surface area (Å²) in [4.78, 5) is 0. The molecule has 35 heavy (non-hydrogen) atoms. The van der Waals surface area contributed by atoms with Gasteiger partial charge in [0.25, 0.3) is 0 Å². The normalized spacial score (nSPS) is 11.0. The van der Waals surface area contributed by atoms with Gasteiger partial charge in [-0.2, -0.15) is 8.42 Å². The Hall–Kier alpha value is -3.85. The molecule has 3 rings (SSSR count). The van der Waals surface area contributed by atoms with E-state index in [4.69, 9.17) is 18.4 Å². The highest BCUT2D eigenvalue weighted by molar-refractivity contribution is 7.86. The topological polar surface area (TPSA) is 112 Å². The molecule has 0 aromatic heterocycles. The molecule has 0 atom stereocenters. The van der Waals surface area contributed by atoms with Crippen LogP contribution >= 0.6 is 0 Å². The Morgan fingerprint density at radius 2 is 1.54 bits per heavy atom. The average molecular weight is 501 g/mol. The summed E-state index contributed by atoms with van der Waals surface area (Å²) in [6.45, 7) is 4.17.